The van der Waals surface area contributed by atoms with Gasteiger partial charge in [0.15, 0.2) is 0 Å². The second-order valence-electron chi connectivity index (χ2n) is 3.89. The summed E-state index contributed by atoms with van der Waals surface area (Å²) >= 11 is 0.499. The standard InChI is InChI=1S/C9H12N2O6S2/c1-6(2)10(5-8(12)13)19(16,17)9-4-3-7(18-9)11(14)15/h3-4,6H,5H2,1-2H3,(H,12,13). The first-order valence-corrected chi connectivity index (χ1v) is 7.39. The quantitative estimate of drug-likeness (QED) is 0.622. The number of carboxylic acid groups (broad SMARTS) is 1. The van der Waals surface area contributed by atoms with Gasteiger partial charge < -0.3 is 5.11 Å². The summed E-state index contributed by atoms with van der Waals surface area (Å²) in [5, 5.41) is 19.0. The Morgan fingerprint density at radius 3 is 2.47 bits per heavy atom. The molecule has 0 fully saturated rings. The van der Waals surface area contributed by atoms with E-state index in [0.29, 0.717) is 11.3 Å². The number of carboxylic acids is 1. The summed E-state index contributed by atoms with van der Waals surface area (Å²) in [7, 11) is -4.04. The van der Waals surface area contributed by atoms with Gasteiger partial charge in [0.1, 0.15) is 10.8 Å². The molecule has 0 aromatic carbocycles. The van der Waals surface area contributed by atoms with Crippen molar-refractivity contribution in [2.24, 2.45) is 0 Å². The van der Waals surface area contributed by atoms with Crippen molar-refractivity contribution in [1.82, 2.24) is 4.31 Å². The Hall–Kier alpha value is -1.52. The molecule has 0 bridgehead atoms. The molecule has 1 aromatic rings. The molecule has 1 aromatic heterocycles. The van der Waals surface area contributed by atoms with Gasteiger partial charge in [0, 0.05) is 12.1 Å². The zero-order chi connectivity index (χ0) is 14.8. The van der Waals surface area contributed by atoms with Gasteiger partial charge in [-0.1, -0.05) is 0 Å². The number of nitrogens with zero attached hydrogens (tertiary/aromatic N) is 2. The van der Waals surface area contributed by atoms with Crippen LogP contribution in [0.3, 0.4) is 0 Å². The predicted octanol–water partition coefficient (Wildman–Crippen LogP) is 1.14. The van der Waals surface area contributed by atoms with Crippen molar-refractivity contribution >= 4 is 32.3 Å². The molecule has 106 valence electrons. The molecular weight excluding hydrogens is 296 g/mol. The molecule has 0 aliphatic carbocycles. The minimum absolute atomic E-state index is 0.242. The molecule has 10 heteroatoms. The van der Waals surface area contributed by atoms with Gasteiger partial charge in [0.05, 0.1) is 4.92 Å². The molecule has 0 spiro atoms. The van der Waals surface area contributed by atoms with E-state index in [1.54, 1.807) is 0 Å². The predicted molar refractivity (Wildman–Crippen MR) is 67.6 cm³/mol. The average Bonchev–Trinajstić information content (AvgIpc) is 2.74. The Kier molecular flexibility index (Phi) is 4.61. The van der Waals surface area contributed by atoms with Crippen LogP contribution >= 0.6 is 11.3 Å². The van der Waals surface area contributed by atoms with Gasteiger partial charge in [-0.15, -0.1) is 0 Å². The van der Waals surface area contributed by atoms with Crippen LogP contribution in [0.4, 0.5) is 5.00 Å². The van der Waals surface area contributed by atoms with Crippen molar-refractivity contribution in [3.63, 3.8) is 0 Å². The van der Waals surface area contributed by atoms with E-state index in [1.807, 2.05) is 0 Å². The Balaban J connectivity index is 3.18. The van der Waals surface area contributed by atoms with Crippen LogP contribution in [-0.2, 0) is 14.8 Å². The van der Waals surface area contributed by atoms with Gasteiger partial charge in [0.2, 0.25) is 0 Å². The Bertz CT molecular complexity index is 592. The third-order valence-electron chi connectivity index (χ3n) is 2.18. The first-order chi connectivity index (χ1) is 8.66. The SMILES string of the molecule is CC(C)N(CC(=O)O)S(=O)(=O)c1ccc([N+](=O)[O-])s1. The van der Waals surface area contributed by atoms with Crippen LogP contribution in [0.2, 0.25) is 0 Å². The Morgan fingerprint density at radius 2 is 2.11 bits per heavy atom. The van der Waals surface area contributed by atoms with Crippen LogP contribution < -0.4 is 0 Å². The van der Waals surface area contributed by atoms with Crippen LogP contribution in [0.25, 0.3) is 0 Å². The van der Waals surface area contributed by atoms with E-state index in [4.69, 9.17) is 5.11 Å². The van der Waals surface area contributed by atoms with Gasteiger partial charge in [-0.05, 0) is 31.3 Å². The number of aliphatic carboxylic acids is 1. The van der Waals surface area contributed by atoms with Gasteiger partial charge in [-0.2, -0.15) is 4.31 Å². The van der Waals surface area contributed by atoms with E-state index in [1.165, 1.54) is 13.8 Å². The molecule has 0 saturated carbocycles. The zero-order valence-electron chi connectivity index (χ0n) is 10.1. The first kappa shape index (κ1) is 15.5. The lowest BCUT2D eigenvalue weighted by atomic mass is 10.4. The third kappa shape index (κ3) is 3.49. The molecule has 0 amide bonds. The average molecular weight is 308 g/mol. The van der Waals surface area contributed by atoms with Gasteiger partial charge in [-0.3, -0.25) is 14.9 Å². The van der Waals surface area contributed by atoms with Crippen LogP contribution in [0.1, 0.15) is 13.8 Å². The van der Waals surface area contributed by atoms with E-state index in [9.17, 15) is 23.3 Å². The smallest absolute Gasteiger partial charge is 0.325 e. The third-order valence-corrected chi connectivity index (χ3v) is 5.70. The maximum atomic E-state index is 12.2. The van der Waals surface area contributed by atoms with Crippen LogP contribution in [0, 0.1) is 10.1 Å². The number of hydrogen-bond donors (Lipinski definition) is 1. The summed E-state index contributed by atoms with van der Waals surface area (Å²) in [6.07, 6.45) is 0. The van der Waals surface area contributed by atoms with E-state index >= 15 is 0 Å². The molecule has 0 radical (unpaired) electrons. The molecule has 0 aliphatic rings. The van der Waals surface area contributed by atoms with Crippen molar-refractivity contribution in [2.45, 2.75) is 24.1 Å². The van der Waals surface area contributed by atoms with Gasteiger partial charge >= 0.3 is 11.0 Å². The minimum Gasteiger partial charge on any atom is -0.480 e. The molecule has 0 atom stereocenters. The highest BCUT2D eigenvalue weighted by Crippen LogP contribution is 2.30. The highest BCUT2D eigenvalue weighted by molar-refractivity contribution is 7.91. The van der Waals surface area contributed by atoms with E-state index < -0.39 is 33.5 Å². The molecular formula is C9H12N2O6S2. The summed E-state index contributed by atoms with van der Waals surface area (Å²) in [6, 6.07) is 1.62. The molecule has 0 saturated heterocycles. The Labute approximate surface area is 113 Å². The van der Waals surface area contributed by atoms with Crippen molar-refractivity contribution in [3.8, 4) is 0 Å². The summed E-state index contributed by atoms with van der Waals surface area (Å²) in [6.45, 7) is 2.37. The molecule has 1 heterocycles. The first-order valence-electron chi connectivity index (χ1n) is 5.14. The highest BCUT2D eigenvalue weighted by atomic mass is 32.2. The molecule has 0 unspecified atom stereocenters. The van der Waals surface area contributed by atoms with Crippen LogP contribution in [-0.4, -0.2) is 41.3 Å². The maximum absolute atomic E-state index is 12.2. The van der Waals surface area contributed by atoms with Crippen molar-refractivity contribution in [3.05, 3.63) is 22.2 Å². The Morgan fingerprint density at radius 1 is 1.53 bits per heavy atom. The lowest BCUT2D eigenvalue weighted by Gasteiger charge is -2.22. The summed E-state index contributed by atoms with van der Waals surface area (Å²) in [5.74, 6) is -1.29. The summed E-state index contributed by atoms with van der Waals surface area (Å²) in [4.78, 5) is 20.5. The number of rotatable bonds is 6. The number of carbonyl (C=O) groups is 1. The lowest BCUT2D eigenvalue weighted by molar-refractivity contribution is -0.380. The molecule has 19 heavy (non-hydrogen) atoms. The van der Waals surface area contributed by atoms with E-state index in [0.717, 1.165) is 16.4 Å². The normalized spacial score (nSPS) is 12.0. The fourth-order valence-corrected chi connectivity index (χ4v) is 4.17. The van der Waals surface area contributed by atoms with Gasteiger partial charge in [0.25, 0.3) is 10.0 Å². The second-order valence-corrected chi connectivity index (χ2v) is 7.07. The zero-order valence-corrected chi connectivity index (χ0v) is 11.8. The van der Waals surface area contributed by atoms with E-state index in [2.05, 4.69) is 0 Å². The van der Waals surface area contributed by atoms with Crippen molar-refractivity contribution in [1.29, 1.82) is 0 Å². The number of sulfonamides is 1. The lowest BCUT2D eigenvalue weighted by Crippen LogP contribution is -2.40. The molecule has 1 rings (SSSR count). The number of thiophene rings is 1. The topological polar surface area (TPSA) is 118 Å². The van der Waals surface area contributed by atoms with Crippen molar-refractivity contribution in [2.75, 3.05) is 6.54 Å². The summed E-state index contributed by atoms with van der Waals surface area (Å²) < 4.78 is 24.9. The fraction of sp³-hybridized carbons (Fsp3) is 0.444. The van der Waals surface area contributed by atoms with Crippen LogP contribution in [0.15, 0.2) is 16.3 Å². The molecule has 1 N–H and O–H groups in total. The second kappa shape index (κ2) is 5.63. The minimum atomic E-state index is -4.04. The summed E-state index contributed by atoms with van der Waals surface area (Å²) in [5.41, 5.74) is 0. The molecule has 0 aliphatic heterocycles. The highest BCUT2D eigenvalue weighted by Gasteiger charge is 2.31. The maximum Gasteiger partial charge on any atom is 0.325 e. The largest absolute Gasteiger partial charge is 0.480 e. The number of hydrogen-bond acceptors (Lipinski definition) is 6. The number of nitro groups is 1. The monoisotopic (exact) mass is 308 g/mol. The van der Waals surface area contributed by atoms with Gasteiger partial charge in [-0.25, -0.2) is 8.42 Å². The molecule has 8 nitrogen and oxygen atoms in total. The van der Waals surface area contributed by atoms with E-state index in [-0.39, 0.29) is 9.21 Å². The van der Waals surface area contributed by atoms with Crippen LogP contribution in [0.5, 0.6) is 0 Å². The fourth-order valence-electron chi connectivity index (χ4n) is 1.34. The van der Waals surface area contributed by atoms with Crippen molar-refractivity contribution < 1.29 is 23.2 Å².